The zero-order valence-corrected chi connectivity index (χ0v) is 16.9. The van der Waals surface area contributed by atoms with Crippen LogP contribution in [0.2, 0.25) is 0 Å². The van der Waals surface area contributed by atoms with Crippen molar-refractivity contribution in [3.63, 3.8) is 0 Å². The number of hydrogen-bond acceptors (Lipinski definition) is 6. The minimum Gasteiger partial charge on any atom is -0.377 e. The first-order valence-corrected chi connectivity index (χ1v) is 10.2. The molecule has 0 saturated carbocycles. The third kappa shape index (κ3) is 3.73. The molecule has 3 aromatic heterocycles. The number of carbonyl (C=O) groups excluding carboxylic acids is 1. The van der Waals surface area contributed by atoms with Crippen LogP contribution in [0.4, 0.5) is 5.82 Å². The molecule has 4 heterocycles. The molecule has 0 saturated heterocycles. The summed E-state index contributed by atoms with van der Waals surface area (Å²) in [5.74, 6) is 0.748. The normalized spacial score (nSPS) is 13.5. The summed E-state index contributed by atoms with van der Waals surface area (Å²) in [6, 6.07) is 15.5. The number of primary amides is 1. The monoisotopic (exact) mass is 414 g/mol. The average molecular weight is 414 g/mol. The maximum atomic E-state index is 11.8. The number of anilines is 1. The van der Waals surface area contributed by atoms with Crippen molar-refractivity contribution < 1.29 is 9.53 Å². The minimum atomic E-state index is -0.514. The van der Waals surface area contributed by atoms with Crippen LogP contribution >= 0.6 is 0 Å². The van der Waals surface area contributed by atoms with E-state index in [2.05, 4.69) is 22.4 Å². The number of benzene rings is 1. The number of aromatic nitrogens is 4. The highest BCUT2D eigenvalue weighted by molar-refractivity contribution is 5.92. The van der Waals surface area contributed by atoms with Gasteiger partial charge in [-0.1, -0.05) is 36.4 Å². The highest BCUT2D eigenvalue weighted by Crippen LogP contribution is 2.28. The van der Waals surface area contributed by atoms with Gasteiger partial charge in [0.2, 0.25) is 0 Å². The molecule has 5 rings (SSSR count). The summed E-state index contributed by atoms with van der Waals surface area (Å²) in [7, 11) is 0. The molecule has 0 radical (unpaired) electrons. The van der Waals surface area contributed by atoms with Crippen molar-refractivity contribution in [2.75, 3.05) is 11.9 Å². The fourth-order valence-corrected chi connectivity index (χ4v) is 3.83. The Hall–Kier alpha value is -3.78. The van der Waals surface area contributed by atoms with Gasteiger partial charge in [0.05, 0.1) is 17.8 Å². The fraction of sp³-hybridized carbons (Fsp3) is 0.217. The lowest BCUT2D eigenvalue weighted by Crippen LogP contribution is -2.15. The number of nitrogens with zero attached hydrogens (tertiary/aromatic N) is 4. The third-order valence-corrected chi connectivity index (χ3v) is 5.38. The Morgan fingerprint density at radius 2 is 2.00 bits per heavy atom. The molecule has 8 heteroatoms. The molecule has 1 aromatic carbocycles. The molecule has 3 N–H and O–H groups in total. The molecule has 4 aromatic rings. The zero-order valence-electron chi connectivity index (χ0n) is 16.9. The van der Waals surface area contributed by atoms with Gasteiger partial charge in [-0.25, -0.2) is 15.0 Å². The first kappa shape index (κ1) is 19.2. The summed E-state index contributed by atoms with van der Waals surface area (Å²) in [5, 5.41) is 3.46. The molecular formula is C23H22N6O2. The number of amides is 1. The highest BCUT2D eigenvalue weighted by Gasteiger charge is 2.21. The van der Waals surface area contributed by atoms with Crippen molar-refractivity contribution in [2.45, 2.75) is 26.0 Å². The van der Waals surface area contributed by atoms with E-state index in [1.807, 2.05) is 24.3 Å². The Labute approximate surface area is 179 Å². The van der Waals surface area contributed by atoms with Crippen LogP contribution in [-0.4, -0.2) is 31.9 Å². The second-order valence-corrected chi connectivity index (χ2v) is 7.44. The summed E-state index contributed by atoms with van der Waals surface area (Å²) in [4.78, 5) is 25.9. The number of fused-ring (bicyclic) bond motifs is 2. The summed E-state index contributed by atoms with van der Waals surface area (Å²) < 4.78 is 7.44. The molecule has 8 nitrogen and oxygen atoms in total. The SMILES string of the molecule is NC(=O)c1cccc2c(-c3nc4c(c(NCc5ccccc5)n3)COCCC4)ncn12. The lowest BCUT2D eigenvalue weighted by Gasteiger charge is -2.14. The van der Waals surface area contributed by atoms with Crippen LogP contribution in [0.5, 0.6) is 0 Å². The Balaban J connectivity index is 1.59. The molecule has 0 aliphatic carbocycles. The van der Waals surface area contributed by atoms with E-state index >= 15 is 0 Å². The van der Waals surface area contributed by atoms with E-state index in [1.165, 1.54) is 0 Å². The average Bonchev–Trinajstić information content (AvgIpc) is 3.08. The van der Waals surface area contributed by atoms with E-state index in [4.69, 9.17) is 20.4 Å². The number of nitrogens with two attached hydrogens (primary N) is 1. The second kappa shape index (κ2) is 8.16. The van der Waals surface area contributed by atoms with Crippen LogP contribution < -0.4 is 11.1 Å². The lowest BCUT2D eigenvalue weighted by molar-refractivity contribution is 0.0994. The second-order valence-electron chi connectivity index (χ2n) is 7.44. The minimum absolute atomic E-state index is 0.363. The third-order valence-electron chi connectivity index (χ3n) is 5.38. The number of imidazole rings is 1. The number of carbonyl (C=O) groups is 1. The number of ether oxygens (including phenoxy) is 1. The predicted molar refractivity (Wildman–Crippen MR) is 116 cm³/mol. The molecule has 1 aliphatic heterocycles. The van der Waals surface area contributed by atoms with Crippen LogP contribution in [0.1, 0.15) is 33.7 Å². The number of pyridine rings is 1. The van der Waals surface area contributed by atoms with E-state index in [0.717, 1.165) is 41.0 Å². The van der Waals surface area contributed by atoms with Gasteiger partial charge < -0.3 is 15.8 Å². The first-order valence-electron chi connectivity index (χ1n) is 10.2. The summed E-state index contributed by atoms with van der Waals surface area (Å²) in [6.07, 6.45) is 3.29. The van der Waals surface area contributed by atoms with Crippen LogP contribution in [0.3, 0.4) is 0 Å². The van der Waals surface area contributed by atoms with Crippen molar-refractivity contribution in [2.24, 2.45) is 5.73 Å². The van der Waals surface area contributed by atoms with E-state index in [1.54, 1.807) is 22.9 Å². The molecule has 0 atom stereocenters. The van der Waals surface area contributed by atoms with E-state index in [0.29, 0.717) is 37.0 Å². The van der Waals surface area contributed by atoms with Crippen LogP contribution in [0.15, 0.2) is 54.9 Å². The van der Waals surface area contributed by atoms with Gasteiger partial charge in [0.25, 0.3) is 5.91 Å². The summed E-state index contributed by atoms with van der Waals surface area (Å²) in [6.45, 7) is 1.81. The van der Waals surface area contributed by atoms with Crippen molar-refractivity contribution in [3.05, 3.63) is 77.4 Å². The van der Waals surface area contributed by atoms with Gasteiger partial charge in [0, 0.05) is 18.7 Å². The highest BCUT2D eigenvalue weighted by atomic mass is 16.5. The number of nitrogens with one attached hydrogen (secondary N) is 1. The van der Waals surface area contributed by atoms with Gasteiger partial charge in [0.15, 0.2) is 5.82 Å². The summed E-state index contributed by atoms with van der Waals surface area (Å²) >= 11 is 0. The van der Waals surface area contributed by atoms with Gasteiger partial charge in [-0.2, -0.15) is 0 Å². The Bertz CT molecular complexity index is 1250. The molecule has 0 bridgehead atoms. The Morgan fingerprint density at radius 1 is 1.13 bits per heavy atom. The number of hydrogen-bond donors (Lipinski definition) is 2. The standard InChI is InChI=1S/C23H22N6O2/c24-21(30)19-10-4-9-18-20(26-14-29(18)19)23-27-17-8-5-11-31-13-16(17)22(28-23)25-12-15-6-2-1-3-7-15/h1-4,6-7,9-10,14H,5,8,11-13H2,(H2,24,30)(H,25,27,28). The quantitative estimate of drug-likeness (QED) is 0.520. The fourth-order valence-electron chi connectivity index (χ4n) is 3.83. The molecule has 0 spiro atoms. The largest absolute Gasteiger partial charge is 0.377 e. The van der Waals surface area contributed by atoms with Gasteiger partial charge in [-0.05, 0) is 30.5 Å². The van der Waals surface area contributed by atoms with E-state index < -0.39 is 5.91 Å². The van der Waals surface area contributed by atoms with Crippen LogP contribution in [0, 0.1) is 0 Å². The number of aryl methyl sites for hydroxylation is 1. The smallest absolute Gasteiger partial charge is 0.265 e. The predicted octanol–water partition coefficient (Wildman–Crippen LogP) is 2.97. The van der Waals surface area contributed by atoms with E-state index in [-0.39, 0.29) is 0 Å². The molecule has 0 unspecified atom stereocenters. The summed E-state index contributed by atoms with van der Waals surface area (Å²) in [5.41, 5.74) is 10.3. The zero-order chi connectivity index (χ0) is 21.2. The lowest BCUT2D eigenvalue weighted by atomic mass is 10.1. The van der Waals surface area contributed by atoms with Crippen molar-refractivity contribution >= 4 is 17.2 Å². The van der Waals surface area contributed by atoms with Crippen molar-refractivity contribution in [3.8, 4) is 11.5 Å². The van der Waals surface area contributed by atoms with E-state index in [9.17, 15) is 4.79 Å². The van der Waals surface area contributed by atoms with Crippen LogP contribution in [-0.2, 0) is 24.3 Å². The van der Waals surface area contributed by atoms with Gasteiger partial charge >= 0.3 is 0 Å². The molecule has 1 aliphatic rings. The molecule has 156 valence electrons. The molecule has 1 amide bonds. The van der Waals surface area contributed by atoms with Crippen molar-refractivity contribution in [1.29, 1.82) is 0 Å². The maximum Gasteiger partial charge on any atom is 0.265 e. The van der Waals surface area contributed by atoms with Gasteiger partial charge in [0.1, 0.15) is 23.5 Å². The Kier molecular flexibility index (Phi) is 5.05. The topological polar surface area (TPSA) is 107 Å². The molecular weight excluding hydrogens is 392 g/mol. The van der Waals surface area contributed by atoms with Gasteiger partial charge in [-0.15, -0.1) is 0 Å². The number of rotatable bonds is 5. The van der Waals surface area contributed by atoms with Gasteiger partial charge in [-0.3, -0.25) is 9.20 Å². The molecule has 31 heavy (non-hydrogen) atoms. The molecule has 0 fully saturated rings. The van der Waals surface area contributed by atoms with Crippen molar-refractivity contribution in [1.82, 2.24) is 19.4 Å². The Morgan fingerprint density at radius 3 is 2.84 bits per heavy atom. The first-order chi connectivity index (χ1) is 15.2. The maximum absolute atomic E-state index is 11.8. The van der Waals surface area contributed by atoms with Crippen LogP contribution in [0.25, 0.3) is 17.0 Å².